The topological polar surface area (TPSA) is 94.6 Å². The summed E-state index contributed by atoms with van der Waals surface area (Å²) in [5.74, 6) is 0.515. The van der Waals surface area contributed by atoms with Gasteiger partial charge in [0.05, 0.1) is 0 Å². The van der Waals surface area contributed by atoms with Crippen LogP contribution in [0, 0.1) is 5.41 Å². The van der Waals surface area contributed by atoms with Gasteiger partial charge in [-0.15, -0.1) is 0 Å². The molecule has 0 spiro atoms. The van der Waals surface area contributed by atoms with Crippen LogP contribution < -0.4 is 10.8 Å². The number of fused-ring (bicyclic) bond motifs is 1. The quantitative estimate of drug-likeness (QED) is 0.474. The Bertz CT molecular complexity index is 1030. The highest BCUT2D eigenvalue weighted by Gasteiger charge is 2.37. The van der Waals surface area contributed by atoms with E-state index >= 15 is 0 Å². The van der Waals surface area contributed by atoms with Crippen LogP contribution in [-0.2, 0) is 17.6 Å². The largest absolute Gasteiger partial charge is 0.310 e. The lowest BCUT2D eigenvalue weighted by Crippen LogP contribution is -2.47. The van der Waals surface area contributed by atoms with E-state index in [1.807, 2.05) is 24.3 Å². The first-order chi connectivity index (χ1) is 15.8. The van der Waals surface area contributed by atoms with E-state index in [4.69, 9.17) is 5.21 Å². The summed E-state index contributed by atoms with van der Waals surface area (Å²) in [4.78, 5) is 31.6. The number of aromatic nitrogens is 1. The molecule has 0 radical (unpaired) electrons. The van der Waals surface area contributed by atoms with Gasteiger partial charge in [-0.1, -0.05) is 13.0 Å². The summed E-state index contributed by atoms with van der Waals surface area (Å²) < 4.78 is 0. The predicted octanol–water partition coefficient (Wildman–Crippen LogP) is 3.92. The Morgan fingerprint density at radius 2 is 1.91 bits per heavy atom. The number of pyridine rings is 1. The molecule has 0 bridgehead atoms. The van der Waals surface area contributed by atoms with Gasteiger partial charge < -0.3 is 10.2 Å². The van der Waals surface area contributed by atoms with Crippen LogP contribution in [0.1, 0.15) is 73.0 Å². The van der Waals surface area contributed by atoms with Gasteiger partial charge in [0, 0.05) is 23.2 Å². The number of amides is 2. The maximum absolute atomic E-state index is 13.1. The van der Waals surface area contributed by atoms with E-state index < -0.39 is 5.91 Å². The normalized spacial score (nSPS) is 20.2. The second-order valence-electron chi connectivity index (χ2n) is 9.98. The maximum Gasteiger partial charge on any atom is 0.274 e. The molecule has 2 amide bonds. The van der Waals surface area contributed by atoms with Crippen LogP contribution >= 0.6 is 0 Å². The first-order valence-corrected chi connectivity index (χ1v) is 11.9. The molecular formula is C26H34N4O3. The Hall–Kier alpha value is -2.77. The highest BCUT2D eigenvalue weighted by molar-refractivity contribution is 5.94. The number of carbonyl (C=O) groups is 2. The Labute approximate surface area is 195 Å². The van der Waals surface area contributed by atoms with Crippen LogP contribution in [0.2, 0.25) is 0 Å². The van der Waals surface area contributed by atoms with Gasteiger partial charge in [-0.2, -0.15) is 0 Å². The number of hydrogen-bond acceptors (Lipinski definition) is 5. The van der Waals surface area contributed by atoms with Gasteiger partial charge in [0.2, 0.25) is 5.91 Å². The third kappa shape index (κ3) is 5.09. The number of rotatable bonds is 5. The molecule has 1 aliphatic heterocycles. The van der Waals surface area contributed by atoms with Crippen molar-refractivity contribution in [2.75, 3.05) is 18.4 Å². The Morgan fingerprint density at radius 3 is 2.61 bits per heavy atom. The van der Waals surface area contributed by atoms with E-state index in [9.17, 15) is 9.59 Å². The molecule has 2 heterocycles. The van der Waals surface area contributed by atoms with Gasteiger partial charge in [0.15, 0.2) is 0 Å². The van der Waals surface area contributed by atoms with E-state index in [1.54, 1.807) is 17.7 Å². The monoisotopic (exact) mass is 450 g/mol. The first-order valence-electron chi connectivity index (χ1n) is 11.9. The van der Waals surface area contributed by atoms with Crippen LogP contribution in [0.3, 0.4) is 0 Å². The number of anilines is 1. The zero-order valence-electron chi connectivity index (χ0n) is 19.7. The molecule has 7 nitrogen and oxygen atoms in total. The Morgan fingerprint density at radius 1 is 1.15 bits per heavy atom. The highest BCUT2D eigenvalue weighted by atomic mass is 16.5. The van der Waals surface area contributed by atoms with Crippen LogP contribution in [0.4, 0.5) is 5.82 Å². The molecule has 1 unspecified atom stereocenters. The summed E-state index contributed by atoms with van der Waals surface area (Å²) in [7, 11) is 0. The number of aryl methyl sites for hydroxylation is 1. The summed E-state index contributed by atoms with van der Waals surface area (Å²) >= 11 is 0. The lowest BCUT2D eigenvalue weighted by Gasteiger charge is -2.40. The van der Waals surface area contributed by atoms with Gasteiger partial charge in [-0.3, -0.25) is 14.8 Å². The zero-order chi connectivity index (χ0) is 23.6. The molecule has 3 N–H and O–H groups in total. The molecule has 1 atom stereocenters. The summed E-state index contributed by atoms with van der Waals surface area (Å²) in [6.07, 6.45) is 6.17. The second kappa shape index (κ2) is 9.61. The average molecular weight is 451 g/mol. The van der Waals surface area contributed by atoms with Crippen molar-refractivity contribution >= 4 is 17.6 Å². The van der Waals surface area contributed by atoms with Gasteiger partial charge in [0.1, 0.15) is 5.82 Å². The SMILES string of the molecule is CC(C)N1CCC(C)(C(=O)Nc2cc(C3CCc4cc(C(=O)NO)ccc4C3)ccn2)CC1. The van der Waals surface area contributed by atoms with E-state index in [0.29, 0.717) is 23.3 Å². The predicted molar refractivity (Wildman–Crippen MR) is 127 cm³/mol. The Balaban J connectivity index is 1.42. The Kier molecular flexibility index (Phi) is 6.81. The fourth-order valence-electron chi connectivity index (χ4n) is 5.04. The highest BCUT2D eigenvalue weighted by Crippen LogP contribution is 2.35. The summed E-state index contributed by atoms with van der Waals surface area (Å²) in [5.41, 5.74) is 5.33. The van der Waals surface area contributed by atoms with Crippen LogP contribution in [0.25, 0.3) is 0 Å². The van der Waals surface area contributed by atoms with Gasteiger partial charge in [0.25, 0.3) is 5.91 Å². The van der Waals surface area contributed by atoms with Crippen LogP contribution in [0.5, 0.6) is 0 Å². The van der Waals surface area contributed by atoms with E-state index in [2.05, 4.69) is 36.0 Å². The van der Waals surface area contributed by atoms with Crippen molar-refractivity contribution in [1.82, 2.24) is 15.4 Å². The van der Waals surface area contributed by atoms with Crippen LogP contribution in [-0.4, -0.2) is 46.0 Å². The second-order valence-corrected chi connectivity index (χ2v) is 9.98. The number of hydrogen-bond donors (Lipinski definition) is 3. The number of benzene rings is 1. The van der Waals surface area contributed by atoms with Gasteiger partial charge in [-0.25, -0.2) is 10.5 Å². The molecule has 7 heteroatoms. The summed E-state index contributed by atoms with van der Waals surface area (Å²) in [6, 6.07) is 10.1. The molecule has 4 rings (SSSR count). The number of carbonyl (C=O) groups excluding carboxylic acids is 2. The van der Waals surface area contributed by atoms with Crippen LogP contribution in [0.15, 0.2) is 36.5 Å². The molecule has 1 aromatic heterocycles. The minimum atomic E-state index is -0.488. The molecule has 1 aromatic carbocycles. The number of hydroxylamine groups is 1. The summed E-state index contributed by atoms with van der Waals surface area (Å²) in [5, 5.41) is 12.0. The van der Waals surface area contributed by atoms with Crippen molar-refractivity contribution in [3.63, 3.8) is 0 Å². The lowest BCUT2D eigenvalue weighted by molar-refractivity contribution is -0.127. The lowest BCUT2D eigenvalue weighted by atomic mass is 9.79. The molecule has 0 saturated carbocycles. The molecule has 1 aliphatic carbocycles. The van der Waals surface area contributed by atoms with Crippen molar-refractivity contribution in [1.29, 1.82) is 0 Å². The van der Waals surface area contributed by atoms with E-state index in [0.717, 1.165) is 50.8 Å². The number of likely N-dealkylation sites (tertiary alicyclic amines) is 1. The minimum absolute atomic E-state index is 0.0548. The molecular weight excluding hydrogens is 416 g/mol. The zero-order valence-corrected chi connectivity index (χ0v) is 19.7. The molecule has 1 saturated heterocycles. The van der Waals surface area contributed by atoms with Gasteiger partial charge in [-0.05, 0) is 106 Å². The molecule has 176 valence electrons. The van der Waals surface area contributed by atoms with Crippen molar-refractivity contribution in [3.05, 3.63) is 58.8 Å². The number of nitrogens with one attached hydrogen (secondary N) is 2. The van der Waals surface area contributed by atoms with E-state index in [1.165, 1.54) is 11.1 Å². The maximum atomic E-state index is 13.1. The summed E-state index contributed by atoms with van der Waals surface area (Å²) in [6.45, 7) is 8.35. The minimum Gasteiger partial charge on any atom is -0.310 e. The van der Waals surface area contributed by atoms with Crippen molar-refractivity contribution in [3.8, 4) is 0 Å². The number of nitrogens with zero attached hydrogens (tertiary/aromatic N) is 2. The van der Waals surface area contributed by atoms with Gasteiger partial charge >= 0.3 is 0 Å². The van der Waals surface area contributed by atoms with Crippen molar-refractivity contribution < 1.29 is 14.8 Å². The third-order valence-electron chi connectivity index (χ3n) is 7.48. The third-order valence-corrected chi connectivity index (χ3v) is 7.48. The van der Waals surface area contributed by atoms with Crippen molar-refractivity contribution in [2.45, 2.75) is 64.8 Å². The fraction of sp³-hybridized carbons (Fsp3) is 0.500. The molecule has 2 aromatic rings. The average Bonchev–Trinajstić information content (AvgIpc) is 2.83. The van der Waals surface area contributed by atoms with E-state index in [-0.39, 0.29) is 11.3 Å². The van der Waals surface area contributed by atoms with Crippen molar-refractivity contribution in [2.24, 2.45) is 5.41 Å². The number of piperidine rings is 1. The fourth-order valence-corrected chi connectivity index (χ4v) is 5.04. The first kappa shape index (κ1) is 23.4. The smallest absolute Gasteiger partial charge is 0.274 e. The molecule has 33 heavy (non-hydrogen) atoms. The molecule has 2 aliphatic rings. The standard InChI is InChI=1S/C26H34N4O3/c1-17(2)30-12-9-26(3,10-13-30)25(32)28-23-16-21(8-11-27-23)19-4-5-20-15-22(24(31)29-33)7-6-18(20)14-19/h6-8,11,15-17,19,33H,4-5,9-10,12-14H2,1-3H3,(H,29,31)(H,27,28,32). The molecule has 1 fully saturated rings.